The molecule has 1 N–H and O–H groups in total. The van der Waals surface area contributed by atoms with E-state index in [2.05, 4.69) is 16.6 Å². The fourth-order valence-corrected chi connectivity index (χ4v) is 3.25. The number of nitrogens with zero attached hydrogens (tertiary/aromatic N) is 1. The van der Waals surface area contributed by atoms with Crippen molar-refractivity contribution in [3.8, 4) is 0 Å². The Bertz CT molecular complexity index is 402. The lowest BCUT2D eigenvalue weighted by Crippen LogP contribution is -2.44. The number of carbonyl (C=O) groups excluding carboxylic acids is 1. The van der Waals surface area contributed by atoms with E-state index in [1.165, 1.54) is 30.8 Å². The fraction of sp³-hybridized carbons (Fsp3) is 0.667. The molecule has 1 saturated carbocycles. The van der Waals surface area contributed by atoms with Crippen molar-refractivity contribution in [2.45, 2.75) is 52.0 Å². The van der Waals surface area contributed by atoms with Crippen LogP contribution in [0.3, 0.4) is 0 Å². The highest BCUT2D eigenvalue weighted by Crippen LogP contribution is 2.40. The minimum Gasteiger partial charge on any atom is -0.370 e. The van der Waals surface area contributed by atoms with Crippen molar-refractivity contribution in [2.75, 3.05) is 5.32 Å². The monoisotopic (exact) mass is 238 g/mol. The highest BCUT2D eigenvalue weighted by Gasteiger charge is 2.36. The van der Waals surface area contributed by atoms with Gasteiger partial charge in [0.25, 0.3) is 0 Å². The number of anilines is 1. The van der Waals surface area contributed by atoms with Crippen LogP contribution in [-0.4, -0.2) is 15.7 Å². The Morgan fingerprint density at radius 3 is 2.69 bits per heavy atom. The van der Waals surface area contributed by atoms with E-state index in [1.54, 1.807) is 6.92 Å². The standard InChI is InChI=1S/C12H18N2OS/c1-4-12(6-5-7-12)13-11-10(9(3)15)8(2)14-16-11/h13H,4-7H2,1-3H3. The van der Waals surface area contributed by atoms with E-state index in [0.717, 1.165) is 22.7 Å². The fourth-order valence-electron chi connectivity index (χ4n) is 2.28. The van der Waals surface area contributed by atoms with Crippen LogP contribution in [0.5, 0.6) is 0 Å². The van der Waals surface area contributed by atoms with Gasteiger partial charge in [0.2, 0.25) is 0 Å². The summed E-state index contributed by atoms with van der Waals surface area (Å²) in [6.07, 6.45) is 4.81. The van der Waals surface area contributed by atoms with E-state index in [-0.39, 0.29) is 11.3 Å². The van der Waals surface area contributed by atoms with Gasteiger partial charge in [-0.1, -0.05) is 6.92 Å². The van der Waals surface area contributed by atoms with Crippen LogP contribution in [0.4, 0.5) is 5.00 Å². The third kappa shape index (κ3) is 1.86. The highest BCUT2D eigenvalue weighted by molar-refractivity contribution is 7.10. The maximum atomic E-state index is 11.6. The first-order valence-electron chi connectivity index (χ1n) is 5.83. The molecule has 4 heteroatoms. The quantitative estimate of drug-likeness (QED) is 0.817. The van der Waals surface area contributed by atoms with Crippen molar-refractivity contribution in [3.05, 3.63) is 11.3 Å². The van der Waals surface area contributed by atoms with Crippen LogP contribution in [0.2, 0.25) is 0 Å². The van der Waals surface area contributed by atoms with Gasteiger partial charge >= 0.3 is 0 Å². The molecule has 1 heterocycles. The van der Waals surface area contributed by atoms with Gasteiger partial charge in [-0.25, -0.2) is 0 Å². The van der Waals surface area contributed by atoms with Gasteiger partial charge < -0.3 is 5.32 Å². The van der Waals surface area contributed by atoms with E-state index in [0.29, 0.717) is 0 Å². The summed E-state index contributed by atoms with van der Waals surface area (Å²) in [6.45, 7) is 5.71. The normalized spacial score (nSPS) is 17.9. The summed E-state index contributed by atoms with van der Waals surface area (Å²) in [5.74, 6) is 0.110. The molecule has 88 valence electrons. The molecule has 16 heavy (non-hydrogen) atoms. The predicted octanol–water partition coefficient (Wildman–Crippen LogP) is 3.40. The average Bonchev–Trinajstić information content (AvgIpc) is 2.53. The first-order chi connectivity index (χ1) is 7.58. The summed E-state index contributed by atoms with van der Waals surface area (Å²) in [6, 6.07) is 0. The number of rotatable bonds is 4. The largest absolute Gasteiger partial charge is 0.370 e. The third-order valence-electron chi connectivity index (χ3n) is 3.58. The summed E-state index contributed by atoms with van der Waals surface area (Å²) in [5, 5.41) is 4.51. The number of carbonyl (C=O) groups is 1. The Labute approximate surface area is 100 Å². The SMILES string of the molecule is CCC1(Nc2snc(C)c2C(C)=O)CCC1. The molecule has 1 aromatic rings. The van der Waals surface area contributed by atoms with Crippen molar-refractivity contribution in [1.29, 1.82) is 0 Å². The molecule has 0 aromatic carbocycles. The van der Waals surface area contributed by atoms with Gasteiger partial charge in [0.1, 0.15) is 5.00 Å². The molecule has 0 aliphatic heterocycles. The van der Waals surface area contributed by atoms with Gasteiger partial charge in [0.15, 0.2) is 5.78 Å². The summed E-state index contributed by atoms with van der Waals surface area (Å²) >= 11 is 1.41. The number of nitrogens with one attached hydrogen (secondary N) is 1. The molecule has 2 rings (SSSR count). The number of aryl methyl sites for hydroxylation is 1. The molecular formula is C12H18N2OS. The molecule has 0 unspecified atom stereocenters. The van der Waals surface area contributed by atoms with Crippen molar-refractivity contribution >= 4 is 22.3 Å². The molecule has 0 bridgehead atoms. The first-order valence-corrected chi connectivity index (χ1v) is 6.61. The van der Waals surface area contributed by atoms with Crippen LogP contribution in [0, 0.1) is 6.92 Å². The topological polar surface area (TPSA) is 42.0 Å². The van der Waals surface area contributed by atoms with Crippen LogP contribution in [-0.2, 0) is 0 Å². The zero-order valence-corrected chi connectivity index (χ0v) is 10.9. The van der Waals surface area contributed by atoms with Crippen LogP contribution in [0.1, 0.15) is 55.6 Å². The molecular weight excluding hydrogens is 220 g/mol. The summed E-state index contributed by atoms with van der Waals surface area (Å²) in [5.41, 5.74) is 1.86. The first kappa shape index (κ1) is 11.6. The Kier molecular flexibility index (Phi) is 3.02. The minimum atomic E-state index is 0.110. The Morgan fingerprint density at radius 1 is 1.56 bits per heavy atom. The zero-order valence-electron chi connectivity index (χ0n) is 10.1. The number of Topliss-reactive ketones (excluding diaryl/α,β-unsaturated/α-hetero) is 1. The summed E-state index contributed by atoms with van der Waals surface area (Å²) < 4.78 is 4.27. The number of hydrogen-bond acceptors (Lipinski definition) is 4. The maximum absolute atomic E-state index is 11.6. The molecule has 0 spiro atoms. The van der Waals surface area contributed by atoms with Crippen molar-refractivity contribution in [2.24, 2.45) is 0 Å². The molecule has 1 fully saturated rings. The van der Waals surface area contributed by atoms with Crippen molar-refractivity contribution < 1.29 is 4.79 Å². The summed E-state index contributed by atoms with van der Waals surface area (Å²) in [4.78, 5) is 11.6. The second-order valence-corrected chi connectivity index (χ2v) is 5.41. The van der Waals surface area contributed by atoms with E-state index < -0.39 is 0 Å². The van der Waals surface area contributed by atoms with Crippen molar-refractivity contribution in [3.63, 3.8) is 0 Å². The smallest absolute Gasteiger partial charge is 0.164 e. The second kappa shape index (κ2) is 4.17. The van der Waals surface area contributed by atoms with Gasteiger partial charge in [-0.15, -0.1) is 0 Å². The van der Waals surface area contributed by atoms with E-state index in [4.69, 9.17) is 0 Å². The van der Waals surface area contributed by atoms with E-state index >= 15 is 0 Å². The lowest BCUT2D eigenvalue weighted by atomic mass is 9.75. The molecule has 1 aliphatic carbocycles. The van der Waals surface area contributed by atoms with Crippen LogP contribution >= 0.6 is 11.5 Å². The van der Waals surface area contributed by atoms with Crippen LogP contribution in [0.25, 0.3) is 0 Å². The lowest BCUT2D eigenvalue weighted by molar-refractivity contribution is 0.101. The molecule has 1 aromatic heterocycles. The van der Waals surface area contributed by atoms with E-state index in [1.807, 2.05) is 6.92 Å². The maximum Gasteiger partial charge on any atom is 0.164 e. The average molecular weight is 238 g/mol. The number of aromatic nitrogens is 1. The van der Waals surface area contributed by atoms with Gasteiger partial charge in [-0.2, -0.15) is 4.37 Å². The Balaban J connectivity index is 2.24. The van der Waals surface area contributed by atoms with Gasteiger partial charge in [0, 0.05) is 5.54 Å². The predicted molar refractivity (Wildman–Crippen MR) is 67.4 cm³/mol. The Hall–Kier alpha value is -0.900. The van der Waals surface area contributed by atoms with Gasteiger partial charge in [-0.3, -0.25) is 4.79 Å². The molecule has 0 amide bonds. The molecule has 1 aliphatic rings. The second-order valence-electron chi connectivity index (χ2n) is 4.64. The minimum absolute atomic E-state index is 0.110. The molecule has 0 radical (unpaired) electrons. The Morgan fingerprint density at radius 2 is 2.25 bits per heavy atom. The van der Waals surface area contributed by atoms with Crippen molar-refractivity contribution in [1.82, 2.24) is 4.37 Å². The van der Waals surface area contributed by atoms with E-state index in [9.17, 15) is 4.79 Å². The number of hydrogen-bond donors (Lipinski definition) is 1. The third-order valence-corrected chi connectivity index (χ3v) is 4.43. The van der Waals surface area contributed by atoms with Crippen LogP contribution < -0.4 is 5.32 Å². The molecule has 3 nitrogen and oxygen atoms in total. The zero-order chi connectivity index (χ0) is 11.8. The van der Waals surface area contributed by atoms with Crippen LogP contribution in [0.15, 0.2) is 0 Å². The van der Waals surface area contributed by atoms with Gasteiger partial charge in [0.05, 0.1) is 11.3 Å². The highest BCUT2D eigenvalue weighted by atomic mass is 32.1. The van der Waals surface area contributed by atoms with Gasteiger partial charge in [-0.05, 0) is 51.1 Å². The molecule has 0 atom stereocenters. The summed E-state index contributed by atoms with van der Waals surface area (Å²) in [7, 11) is 0. The molecule has 0 saturated heterocycles. The number of ketones is 1. The lowest BCUT2D eigenvalue weighted by Gasteiger charge is -2.42.